The number of carboxylic acid groups (broad SMARTS) is 1. The number of carbonyl (C=O) groups is 1. The Labute approximate surface area is 240 Å². The van der Waals surface area contributed by atoms with E-state index < -0.39 is 24.0 Å². The molecule has 42 heavy (non-hydrogen) atoms. The monoisotopic (exact) mass is 604 g/mol. The molecule has 0 bridgehead atoms. The molecule has 0 radical (unpaired) electrons. The number of anilines is 3. The average molecular weight is 605 g/mol. The van der Waals surface area contributed by atoms with E-state index in [1.54, 1.807) is 23.3 Å². The van der Waals surface area contributed by atoms with Crippen molar-refractivity contribution in [3.8, 4) is 17.0 Å². The van der Waals surface area contributed by atoms with Crippen molar-refractivity contribution in [1.29, 1.82) is 0 Å². The number of aromatic carboxylic acids is 1. The van der Waals surface area contributed by atoms with Gasteiger partial charge in [0.15, 0.2) is 5.82 Å². The van der Waals surface area contributed by atoms with Gasteiger partial charge in [0.05, 0.1) is 17.9 Å². The van der Waals surface area contributed by atoms with Crippen molar-refractivity contribution in [1.82, 2.24) is 29.9 Å². The molecular weight excluding hydrogens is 584 g/mol. The fraction of sp³-hybridized carbons (Fsp3) is 0.192. The van der Waals surface area contributed by atoms with Crippen LogP contribution in [0.5, 0.6) is 5.88 Å². The number of rotatable bonds is 9. The first-order valence-electron chi connectivity index (χ1n) is 12.2. The molecule has 1 aromatic carbocycles. The van der Waals surface area contributed by atoms with Gasteiger partial charge >= 0.3 is 12.1 Å². The van der Waals surface area contributed by atoms with Crippen LogP contribution in [0.15, 0.2) is 67.2 Å². The van der Waals surface area contributed by atoms with Crippen molar-refractivity contribution >= 4 is 35.0 Å². The summed E-state index contributed by atoms with van der Waals surface area (Å²) < 4.78 is 61.6. The summed E-state index contributed by atoms with van der Waals surface area (Å²) in [7, 11) is 0. The minimum absolute atomic E-state index is 0.0341. The highest BCUT2D eigenvalue weighted by Gasteiger charge is 2.43. The molecule has 0 amide bonds. The number of ether oxygens (including phenoxy) is 1. The molecule has 5 rings (SSSR count). The normalized spacial score (nSPS) is 15.0. The van der Waals surface area contributed by atoms with Crippen molar-refractivity contribution in [2.24, 2.45) is 0 Å². The molecule has 3 N–H and O–H groups in total. The molecule has 1 aliphatic rings. The third-order valence-corrected chi connectivity index (χ3v) is 6.37. The maximum absolute atomic E-state index is 13.6. The van der Waals surface area contributed by atoms with Crippen LogP contribution in [0.3, 0.4) is 0 Å². The Bertz CT molecular complexity index is 1650. The number of benzene rings is 1. The van der Waals surface area contributed by atoms with Crippen LogP contribution in [0.2, 0.25) is 5.02 Å². The molecule has 0 aliphatic carbocycles. The van der Waals surface area contributed by atoms with Gasteiger partial charge in [0.1, 0.15) is 24.0 Å². The van der Waals surface area contributed by atoms with E-state index in [-0.39, 0.29) is 51.7 Å². The van der Waals surface area contributed by atoms with E-state index in [0.29, 0.717) is 12.2 Å². The Hall–Kier alpha value is -4.76. The first-order valence-corrected chi connectivity index (χ1v) is 12.6. The number of hydrogen-bond donors (Lipinski definition) is 3. The number of alkyl halides is 3. The number of imidazole rings is 1. The predicted octanol–water partition coefficient (Wildman–Crippen LogP) is 5.21. The van der Waals surface area contributed by atoms with Crippen LogP contribution in [-0.4, -0.2) is 54.4 Å². The summed E-state index contributed by atoms with van der Waals surface area (Å²) in [5.74, 6) is -2.20. The van der Waals surface area contributed by atoms with Gasteiger partial charge < -0.3 is 19.7 Å². The van der Waals surface area contributed by atoms with Crippen molar-refractivity contribution < 1.29 is 32.2 Å². The first kappa shape index (κ1) is 28.8. The minimum Gasteiger partial charge on any atom is -0.477 e. The summed E-state index contributed by atoms with van der Waals surface area (Å²) in [6, 6.07) is 3.08. The summed E-state index contributed by atoms with van der Waals surface area (Å²) in [5, 5.41) is 13.6. The zero-order valence-electron chi connectivity index (χ0n) is 21.6. The Morgan fingerprint density at radius 3 is 2.71 bits per heavy atom. The molecule has 0 spiro atoms. The van der Waals surface area contributed by atoms with Gasteiger partial charge in [-0.2, -0.15) is 18.2 Å². The van der Waals surface area contributed by atoms with Crippen molar-refractivity contribution in [3.63, 3.8) is 0 Å². The second kappa shape index (κ2) is 11.6. The number of pyridine rings is 1. The van der Waals surface area contributed by atoms with Crippen LogP contribution in [0.1, 0.15) is 17.3 Å². The molecular formula is C26H21ClF4N8O3. The molecule has 16 heteroatoms. The molecule has 0 saturated carbocycles. The predicted molar refractivity (Wildman–Crippen MR) is 144 cm³/mol. The summed E-state index contributed by atoms with van der Waals surface area (Å²) in [6.07, 6.45) is 3.88. The van der Waals surface area contributed by atoms with E-state index in [9.17, 15) is 27.5 Å². The van der Waals surface area contributed by atoms with Crippen LogP contribution in [0.4, 0.5) is 35.0 Å². The summed E-state index contributed by atoms with van der Waals surface area (Å²) in [6.45, 7) is 1.95. The molecule has 1 unspecified atom stereocenters. The molecule has 1 atom stereocenters. The highest BCUT2D eigenvalue weighted by Crippen LogP contribution is 2.36. The number of halogens is 5. The van der Waals surface area contributed by atoms with Gasteiger partial charge in [-0.1, -0.05) is 11.6 Å². The van der Waals surface area contributed by atoms with Crippen LogP contribution < -0.4 is 20.5 Å². The molecule has 3 aromatic heterocycles. The van der Waals surface area contributed by atoms with E-state index in [2.05, 4.69) is 30.7 Å². The SMILES string of the molecule is CC1=CC(C(F)(F)F)NN1c1nc(Nc2ccc(F)c(Cl)c2)ncc1-c1cnc(OCCn2ccnc2)c(C(=O)O)c1. The molecule has 4 heterocycles. The second-order valence-electron chi connectivity index (χ2n) is 9.01. The van der Waals surface area contributed by atoms with Crippen LogP contribution in [0, 0.1) is 5.82 Å². The molecule has 0 saturated heterocycles. The quantitative estimate of drug-likeness (QED) is 0.219. The van der Waals surface area contributed by atoms with Crippen molar-refractivity contribution in [2.45, 2.75) is 25.7 Å². The number of aromatic nitrogens is 5. The highest BCUT2D eigenvalue weighted by molar-refractivity contribution is 6.31. The third kappa shape index (κ3) is 6.26. The Balaban J connectivity index is 1.51. The van der Waals surface area contributed by atoms with E-state index >= 15 is 0 Å². The lowest BCUT2D eigenvalue weighted by molar-refractivity contribution is -0.142. The van der Waals surface area contributed by atoms with E-state index in [0.717, 1.165) is 17.2 Å². The fourth-order valence-electron chi connectivity index (χ4n) is 4.03. The minimum atomic E-state index is -4.59. The molecule has 218 valence electrons. The zero-order chi connectivity index (χ0) is 30.0. The average Bonchev–Trinajstić information content (AvgIpc) is 3.60. The highest BCUT2D eigenvalue weighted by atomic mass is 35.5. The number of nitrogens with zero attached hydrogens (tertiary/aromatic N) is 6. The number of nitrogens with one attached hydrogen (secondary N) is 2. The Morgan fingerprint density at radius 2 is 2.05 bits per heavy atom. The van der Waals surface area contributed by atoms with Crippen LogP contribution in [0.25, 0.3) is 11.1 Å². The summed E-state index contributed by atoms with van der Waals surface area (Å²) in [5.41, 5.74) is 2.96. The molecule has 11 nitrogen and oxygen atoms in total. The van der Waals surface area contributed by atoms with Gasteiger partial charge in [-0.05, 0) is 37.3 Å². The van der Waals surface area contributed by atoms with Gasteiger partial charge in [-0.25, -0.2) is 29.6 Å². The second-order valence-corrected chi connectivity index (χ2v) is 9.41. The fourth-order valence-corrected chi connectivity index (χ4v) is 4.21. The number of carboxylic acids is 1. The zero-order valence-corrected chi connectivity index (χ0v) is 22.4. The van der Waals surface area contributed by atoms with Crippen LogP contribution in [-0.2, 0) is 6.54 Å². The van der Waals surface area contributed by atoms with Gasteiger partial charge in [0.25, 0.3) is 0 Å². The van der Waals surface area contributed by atoms with E-state index in [4.69, 9.17) is 16.3 Å². The van der Waals surface area contributed by atoms with Crippen molar-refractivity contribution in [3.05, 3.63) is 83.6 Å². The standard InChI is InChI=1S/C26H21ClF4N8O3/c1-14-8-21(26(29,30)31)37-39(14)22-18(12-34-25(36-22)35-16-2-3-20(28)19(27)10-16)15-9-17(24(40)41)23(33-11-15)42-7-6-38-5-4-32-13-38/h2-5,8-13,21,37H,6-7H2,1H3,(H,40,41)(H,34,35,36). The maximum atomic E-state index is 13.6. The van der Waals surface area contributed by atoms with Gasteiger partial charge in [-0.3, -0.25) is 5.01 Å². The number of hydrogen-bond acceptors (Lipinski definition) is 9. The van der Waals surface area contributed by atoms with Gasteiger partial charge in [-0.15, -0.1) is 0 Å². The third-order valence-electron chi connectivity index (χ3n) is 6.08. The van der Waals surface area contributed by atoms with Crippen LogP contribution >= 0.6 is 11.6 Å². The van der Waals surface area contributed by atoms with E-state index in [1.165, 1.54) is 37.5 Å². The molecule has 0 fully saturated rings. The maximum Gasteiger partial charge on any atom is 0.409 e. The lowest BCUT2D eigenvalue weighted by Crippen LogP contribution is -2.45. The lowest BCUT2D eigenvalue weighted by atomic mass is 10.1. The molecule has 4 aromatic rings. The lowest BCUT2D eigenvalue weighted by Gasteiger charge is -2.25. The first-order chi connectivity index (χ1) is 20.0. The smallest absolute Gasteiger partial charge is 0.409 e. The van der Waals surface area contributed by atoms with Crippen molar-refractivity contribution in [2.75, 3.05) is 16.9 Å². The molecule has 1 aliphatic heterocycles. The Morgan fingerprint density at radius 1 is 1.24 bits per heavy atom. The largest absolute Gasteiger partial charge is 0.477 e. The Kier molecular flexibility index (Phi) is 7.95. The van der Waals surface area contributed by atoms with Gasteiger partial charge in [0.2, 0.25) is 11.8 Å². The van der Waals surface area contributed by atoms with E-state index in [1.807, 2.05) is 0 Å². The number of allylic oxidation sites excluding steroid dienone is 1. The summed E-state index contributed by atoms with van der Waals surface area (Å²) in [4.78, 5) is 28.8. The number of hydrazine groups is 1. The summed E-state index contributed by atoms with van der Waals surface area (Å²) >= 11 is 5.85. The van der Waals surface area contributed by atoms with Gasteiger partial charge in [0, 0.05) is 47.3 Å². The topological polar surface area (TPSA) is 130 Å².